The Morgan fingerprint density at radius 2 is 2.10 bits per heavy atom. The van der Waals surface area contributed by atoms with Crippen molar-refractivity contribution in [3.8, 4) is 11.4 Å². The summed E-state index contributed by atoms with van der Waals surface area (Å²) in [7, 11) is 0. The van der Waals surface area contributed by atoms with Gasteiger partial charge in [-0.3, -0.25) is 0 Å². The lowest BCUT2D eigenvalue weighted by Crippen LogP contribution is -2.34. The number of aliphatic hydroxyl groups is 1. The first-order valence-corrected chi connectivity index (χ1v) is 7.26. The third-order valence-electron chi connectivity index (χ3n) is 3.33. The standard InChI is InChI=1S/C16H23N3O/c1-2-9-17-15(8-12-20)13-19-11-10-18-16(19)14-6-4-3-5-7-14/h3-7,10-11,15,17,20H,2,8-9,12-13H2,1H3. The Morgan fingerprint density at radius 3 is 2.80 bits per heavy atom. The monoisotopic (exact) mass is 273 g/mol. The van der Waals surface area contributed by atoms with Crippen molar-refractivity contribution >= 4 is 0 Å². The zero-order valence-electron chi connectivity index (χ0n) is 12.0. The van der Waals surface area contributed by atoms with E-state index in [0.717, 1.165) is 37.3 Å². The van der Waals surface area contributed by atoms with Gasteiger partial charge in [0.25, 0.3) is 0 Å². The van der Waals surface area contributed by atoms with Crippen molar-refractivity contribution in [1.82, 2.24) is 14.9 Å². The molecule has 0 radical (unpaired) electrons. The van der Waals surface area contributed by atoms with Crippen LogP contribution in [0.1, 0.15) is 19.8 Å². The Morgan fingerprint density at radius 1 is 1.30 bits per heavy atom. The van der Waals surface area contributed by atoms with E-state index in [1.54, 1.807) is 0 Å². The average Bonchev–Trinajstić information content (AvgIpc) is 2.94. The van der Waals surface area contributed by atoms with Gasteiger partial charge in [0.05, 0.1) is 0 Å². The number of imidazole rings is 1. The molecule has 0 spiro atoms. The van der Waals surface area contributed by atoms with Gasteiger partial charge in [0.1, 0.15) is 5.82 Å². The molecule has 1 atom stereocenters. The van der Waals surface area contributed by atoms with Gasteiger partial charge >= 0.3 is 0 Å². The van der Waals surface area contributed by atoms with Crippen molar-refractivity contribution in [1.29, 1.82) is 0 Å². The maximum Gasteiger partial charge on any atom is 0.139 e. The summed E-state index contributed by atoms with van der Waals surface area (Å²) in [5.41, 5.74) is 1.12. The van der Waals surface area contributed by atoms with Crippen molar-refractivity contribution < 1.29 is 5.11 Å². The van der Waals surface area contributed by atoms with Crippen LogP contribution in [0.3, 0.4) is 0 Å². The van der Waals surface area contributed by atoms with E-state index < -0.39 is 0 Å². The summed E-state index contributed by atoms with van der Waals surface area (Å²) in [5, 5.41) is 12.7. The molecule has 108 valence electrons. The Kier molecular flexibility index (Phi) is 5.77. The van der Waals surface area contributed by atoms with Gasteiger partial charge in [-0.2, -0.15) is 0 Å². The molecule has 0 aliphatic heterocycles. The van der Waals surface area contributed by atoms with Crippen LogP contribution in [0.25, 0.3) is 11.4 Å². The quantitative estimate of drug-likeness (QED) is 0.776. The first-order valence-electron chi connectivity index (χ1n) is 7.26. The second-order valence-corrected chi connectivity index (χ2v) is 4.93. The van der Waals surface area contributed by atoms with E-state index in [1.165, 1.54) is 0 Å². The highest BCUT2D eigenvalue weighted by Crippen LogP contribution is 2.17. The second-order valence-electron chi connectivity index (χ2n) is 4.93. The minimum atomic E-state index is 0.205. The first kappa shape index (κ1) is 14.8. The predicted molar refractivity (Wildman–Crippen MR) is 81.4 cm³/mol. The van der Waals surface area contributed by atoms with Gasteiger partial charge in [-0.15, -0.1) is 0 Å². The van der Waals surface area contributed by atoms with Gasteiger partial charge in [-0.05, 0) is 19.4 Å². The van der Waals surface area contributed by atoms with Crippen LogP contribution in [0, 0.1) is 0 Å². The molecule has 2 aromatic rings. The molecule has 0 saturated heterocycles. The summed E-state index contributed by atoms with van der Waals surface area (Å²) < 4.78 is 2.15. The fourth-order valence-electron chi connectivity index (χ4n) is 2.30. The lowest BCUT2D eigenvalue weighted by atomic mass is 10.2. The number of nitrogens with one attached hydrogen (secondary N) is 1. The minimum absolute atomic E-state index is 0.205. The Bertz CT molecular complexity index is 495. The number of benzene rings is 1. The van der Waals surface area contributed by atoms with E-state index in [2.05, 4.69) is 33.9 Å². The van der Waals surface area contributed by atoms with E-state index in [4.69, 9.17) is 0 Å². The van der Waals surface area contributed by atoms with E-state index in [0.29, 0.717) is 0 Å². The summed E-state index contributed by atoms with van der Waals surface area (Å²) in [6.45, 7) is 4.15. The maximum atomic E-state index is 9.19. The van der Waals surface area contributed by atoms with Gasteiger partial charge < -0.3 is 15.0 Å². The zero-order valence-corrected chi connectivity index (χ0v) is 12.0. The highest BCUT2D eigenvalue weighted by atomic mass is 16.3. The topological polar surface area (TPSA) is 50.1 Å². The molecule has 0 saturated carbocycles. The molecule has 2 rings (SSSR count). The van der Waals surface area contributed by atoms with Crippen molar-refractivity contribution in [2.24, 2.45) is 0 Å². The highest BCUT2D eigenvalue weighted by molar-refractivity contribution is 5.55. The largest absolute Gasteiger partial charge is 0.396 e. The van der Waals surface area contributed by atoms with Crippen molar-refractivity contribution in [2.75, 3.05) is 13.2 Å². The van der Waals surface area contributed by atoms with Gasteiger partial charge in [-0.25, -0.2) is 4.98 Å². The average molecular weight is 273 g/mol. The maximum absolute atomic E-state index is 9.19. The molecule has 2 N–H and O–H groups in total. The van der Waals surface area contributed by atoms with E-state index >= 15 is 0 Å². The van der Waals surface area contributed by atoms with Crippen LogP contribution in [0.15, 0.2) is 42.7 Å². The van der Waals surface area contributed by atoms with Gasteiger partial charge in [0.15, 0.2) is 0 Å². The predicted octanol–water partition coefficient (Wildman–Crippen LogP) is 2.30. The summed E-state index contributed by atoms with van der Waals surface area (Å²) >= 11 is 0. The van der Waals surface area contributed by atoms with Crippen molar-refractivity contribution in [2.45, 2.75) is 32.4 Å². The normalized spacial score (nSPS) is 12.5. The number of rotatable bonds is 8. The highest BCUT2D eigenvalue weighted by Gasteiger charge is 2.11. The van der Waals surface area contributed by atoms with Crippen LogP contribution in [0.4, 0.5) is 0 Å². The van der Waals surface area contributed by atoms with Crippen LogP contribution in [0.2, 0.25) is 0 Å². The molecule has 1 heterocycles. The van der Waals surface area contributed by atoms with Gasteiger partial charge in [-0.1, -0.05) is 37.3 Å². The fraction of sp³-hybridized carbons (Fsp3) is 0.438. The molecule has 1 unspecified atom stereocenters. The zero-order chi connectivity index (χ0) is 14.2. The number of aromatic nitrogens is 2. The molecule has 4 heteroatoms. The Balaban J connectivity index is 2.10. The van der Waals surface area contributed by atoms with Gasteiger partial charge in [0, 0.05) is 37.2 Å². The number of hydrogen-bond donors (Lipinski definition) is 2. The van der Waals surface area contributed by atoms with Crippen LogP contribution < -0.4 is 5.32 Å². The molecule has 0 fully saturated rings. The van der Waals surface area contributed by atoms with Crippen LogP contribution in [-0.2, 0) is 6.54 Å². The van der Waals surface area contributed by atoms with Crippen LogP contribution in [-0.4, -0.2) is 33.9 Å². The molecule has 1 aromatic carbocycles. The summed E-state index contributed by atoms with van der Waals surface area (Å²) in [6.07, 6.45) is 5.68. The summed E-state index contributed by atoms with van der Waals surface area (Å²) in [5.74, 6) is 0.979. The third kappa shape index (κ3) is 3.92. The first-order chi connectivity index (χ1) is 9.85. The number of hydrogen-bond acceptors (Lipinski definition) is 3. The molecule has 1 aromatic heterocycles. The Labute approximate surface area is 120 Å². The van der Waals surface area contributed by atoms with E-state index in [-0.39, 0.29) is 12.6 Å². The molecule has 20 heavy (non-hydrogen) atoms. The molecule has 0 bridgehead atoms. The SMILES string of the molecule is CCCNC(CCO)Cn1ccnc1-c1ccccc1. The molecule has 0 aliphatic rings. The molecule has 4 nitrogen and oxygen atoms in total. The smallest absolute Gasteiger partial charge is 0.139 e. The van der Waals surface area contributed by atoms with Crippen LogP contribution >= 0.6 is 0 Å². The lowest BCUT2D eigenvalue weighted by Gasteiger charge is -2.19. The summed E-state index contributed by atoms with van der Waals surface area (Å²) in [4.78, 5) is 4.45. The Hall–Kier alpha value is -1.65. The molecule has 0 amide bonds. The third-order valence-corrected chi connectivity index (χ3v) is 3.33. The van der Waals surface area contributed by atoms with Gasteiger partial charge in [0.2, 0.25) is 0 Å². The van der Waals surface area contributed by atoms with E-state index in [1.807, 2.05) is 30.6 Å². The number of nitrogens with zero attached hydrogens (tertiary/aromatic N) is 2. The molecular formula is C16H23N3O. The second kappa shape index (κ2) is 7.82. The fourth-order valence-corrected chi connectivity index (χ4v) is 2.30. The van der Waals surface area contributed by atoms with Crippen molar-refractivity contribution in [3.63, 3.8) is 0 Å². The van der Waals surface area contributed by atoms with E-state index in [9.17, 15) is 5.11 Å². The molecule has 0 aliphatic carbocycles. The summed E-state index contributed by atoms with van der Waals surface area (Å²) in [6, 6.07) is 10.5. The minimum Gasteiger partial charge on any atom is -0.396 e. The van der Waals surface area contributed by atoms with Crippen molar-refractivity contribution in [3.05, 3.63) is 42.7 Å². The lowest BCUT2D eigenvalue weighted by molar-refractivity contribution is 0.256. The number of aliphatic hydroxyl groups excluding tert-OH is 1. The molecular weight excluding hydrogens is 250 g/mol. The van der Waals surface area contributed by atoms with Crippen LogP contribution in [0.5, 0.6) is 0 Å².